The molecule has 3 rings (SSSR count). The molecule has 0 spiro atoms. The van der Waals surface area contributed by atoms with E-state index in [-0.39, 0.29) is 5.91 Å². The Balaban J connectivity index is 1.96. The predicted octanol–water partition coefficient (Wildman–Crippen LogP) is 3.78. The minimum absolute atomic E-state index is 0.124. The summed E-state index contributed by atoms with van der Waals surface area (Å²) in [5.74, 6) is 0.570. The molecule has 0 aliphatic carbocycles. The zero-order valence-electron chi connectivity index (χ0n) is 16.2. The maximum atomic E-state index is 13.2. The number of nitriles is 1. The number of hydrogen-bond acceptors (Lipinski definition) is 6. The Hall–Kier alpha value is -2.95. The lowest BCUT2D eigenvalue weighted by atomic mass is 10.1. The number of carbonyl (C=O) groups excluding carboxylic acids is 1. The van der Waals surface area contributed by atoms with Gasteiger partial charge in [0.2, 0.25) is 0 Å². The predicted molar refractivity (Wildman–Crippen MR) is 112 cm³/mol. The molecule has 2 aromatic carbocycles. The van der Waals surface area contributed by atoms with Crippen LogP contribution in [0.1, 0.15) is 22.3 Å². The minimum Gasteiger partial charge on any atom is -0.494 e. The highest BCUT2D eigenvalue weighted by molar-refractivity contribution is 7.22. The van der Waals surface area contributed by atoms with E-state index in [0.29, 0.717) is 28.6 Å². The highest BCUT2D eigenvalue weighted by atomic mass is 32.1. The molecule has 1 heterocycles. The van der Waals surface area contributed by atoms with E-state index in [1.165, 1.54) is 11.3 Å². The van der Waals surface area contributed by atoms with Gasteiger partial charge in [-0.05, 0) is 63.5 Å². The molecule has 0 saturated carbocycles. The highest BCUT2D eigenvalue weighted by Crippen LogP contribution is 2.34. The number of amides is 1. The molecule has 28 heavy (non-hydrogen) atoms. The Labute approximate surface area is 168 Å². The van der Waals surface area contributed by atoms with Crippen molar-refractivity contribution in [3.05, 3.63) is 53.6 Å². The van der Waals surface area contributed by atoms with Crippen LogP contribution in [-0.4, -0.2) is 50.1 Å². The molecule has 0 saturated heterocycles. The second kappa shape index (κ2) is 8.83. The highest BCUT2D eigenvalue weighted by Gasteiger charge is 2.22. The van der Waals surface area contributed by atoms with Crippen molar-refractivity contribution < 1.29 is 9.53 Å². The van der Waals surface area contributed by atoms with Crippen LogP contribution >= 0.6 is 11.3 Å². The van der Waals surface area contributed by atoms with Gasteiger partial charge < -0.3 is 9.64 Å². The normalized spacial score (nSPS) is 10.8. The van der Waals surface area contributed by atoms with Crippen molar-refractivity contribution in [2.45, 2.75) is 6.42 Å². The first-order valence-corrected chi connectivity index (χ1v) is 9.75. The Morgan fingerprint density at radius 1 is 1.18 bits per heavy atom. The van der Waals surface area contributed by atoms with Crippen LogP contribution in [0.25, 0.3) is 10.2 Å². The van der Waals surface area contributed by atoms with E-state index in [0.717, 1.165) is 23.2 Å². The molecule has 1 aromatic heterocycles. The average molecular weight is 395 g/mol. The van der Waals surface area contributed by atoms with Crippen LogP contribution in [0.15, 0.2) is 42.5 Å². The number of nitrogens with zero attached hydrogens (tertiary/aromatic N) is 4. The first-order valence-electron chi connectivity index (χ1n) is 8.94. The van der Waals surface area contributed by atoms with Gasteiger partial charge in [0.25, 0.3) is 5.91 Å². The van der Waals surface area contributed by atoms with Gasteiger partial charge in [-0.1, -0.05) is 17.4 Å². The topological polar surface area (TPSA) is 69.5 Å². The maximum absolute atomic E-state index is 13.2. The van der Waals surface area contributed by atoms with Crippen LogP contribution < -0.4 is 9.64 Å². The van der Waals surface area contributed by atoms with Crippen LogP contribution in [-0.2, 0) is 0 Å². The number of rotatable bonds is 7. The number of ether oxygens (including phenoxy) is 1. The first-order chi connectivity index (χ1) is 13.5. The number of anilines is 1. The van der Waals surface area contributed by atoms with Crippen molar-refractivity contribution in [3.63, 3.8) is 0 Å². The van der Waals surface area contributed by atoms with Crippen molar-refractivity contribution in [1.82, 2.24) is 9.88 Å². The third-order valence-corrected chi connectivity index (χ3v) is 5.36. The summed E-state index contributed by atoms with van der Waals surface area (Å²) in [4.78, 5) is 21.7. The largest absolute Gasteiger partial charge is 0.494 e. The number of fused-ring (bicyclic) bond motifs is 1. The van der Waals surface area contributed by atoms with E-state index in [2.05, 4.69) is 11.0 Å². The lowest BCUT2D eigenvalue weighted by Gasteiger charge is -2.21. The number of aromatic nitrogens is 1. The first kappa shape index (κ1) is 19.8. The number of thiazole rings is 1. The second-order valence-electron chi connectivity index (χ2n) is 6.61. The summed E-state index contributed by atoms with van der Waals surface area (Å²) in [6, 6.07) is 14.5. The molecule has 0 bridgehead atoms. The van der Waals surface area contributed by atoms with Gasteiger partial charge >= 0.3 is 0 Å². The number of hydrogen-bond donors (Lipinski definition) is 0. The molecular weight excluding hydrogens is 372 g/mol. The van der Waals surface area contributed by atoms with Gasteiger partial charge in [-0.2, -0.15) is 5.26 Å². The number of para-hydroxylation sites is 1. The summed E-state index contributed by atoms with van der Waals surface area (Å²) in [7, 11) is 5.63. The summed E-state index contributed by atoms with van der Waals surface area (Å²) in [5.41, 5.74) is 1.82. The van der Waals surface area contributed by atoms with E-state index >= 15 is 0 Å². The Kier molecular flexibility index (Phi) is 6.24. The lowest BCUT2D eigenvalue weighted by Crippen LogP contribution is -2.33. The second-order valence-corrected chi connectivity index (χ2v) is 7.62. The molecule has 0 fully saturated rings. The lowest BCUT2D eigenvalue weighted by molar-refractivity contribution is 0.0986. The fourth-order valence-corrected chi connectivity index (χ4v) is 3.87. The van der Waals surface area contributed by atoms with Crippen molar-refractivity contribution in [3.8, 4) is 11.8 Å². The van der Waals surface area contributed by atoms with Gasteiger partial charge in [0.05, 0.1) is 23.4 Å². The summed E-state index contributed by atoms with van der Waals surface area (Å²) in [5, 5.41) is 9.63. The monoisotopic (exact) mass is 394 g/mol. The molecule has 0 aliphatic rings. The van der Waals surface area contributed by atoms with E-state index in [1.54, 1.807) is 36.3 Å². The molecule has 6 nitrogen and oxygen atoms in total. The molecule has 0 aliphatic heterocycles. The van der Waals surface area contributed by atoms with E-state index in [4.69, 9.17) is 15.0 Å². The minimum atomic E-state index is -0.124. The van der Waals surface area contributed by atoms with E-state index in [1.807, 2.05) is 32.3 Å². The SMILES string of the molecule is COc1cccc2sc(N(CCCN(C)C)C(=O)c3ccc(C#N)cc3)nc12. The maximum Gasteiger partial charge on any atom is 0.260 e. The fraction of sp³-hybridized carbons (Fsp3) is 0.286. The van der Waals surface area contributed by atoms with Crippen LogP contribution in [0.4, 0.5) is 5.13 Å². The fourth-order valence-electron chi connectivity index (χ4n) is 2.86. The smallest absolute Gasteiger partial charge is 0.260 e. The third kappa shape index (κ3) is 4.30. The van der Waals surface area contributed by atoms with Crippen molar-refractivity contribution in [1.29, 1.82) is 5.26 Å². The Morgan fingerprint density at radius 2 is 1.93 bits per heavy atom. The van der Waals surface area contributed by atoms with E-state index < -0.39 is 0 Å². The van der Waals surface area contributed by atoms with Gasteiger partial charge in [-0.3, -0.25) is 9.69 Å². The van der Waals surface area contributed by atoms with Crippen molar-refractivity contribution >= 4 is 32.6 Å². The molecule has 0 atom stereocenters. The number of carbonyl (C=O) groups is 1. The molecule has 144 valence electrons. The van der Waals surface area contributed by atoms with Crippen LogP contribution in [0.5, 0.6) is 5.75 Å². The molecule has 1 amide bonds. The van der Waals surface area contributed by atoms with Crippen LogP contribution in [0.2, 0.25) is 0 Å². The molecular formula is C21H22N4O2S. The Bertz CT molecular complexity index is 1010. The van der Waals surface area contributed by atoms with E-state index in [9.17, 15) is 4.79 Å². The van der Waals surface area contributed by atoms with Crippen LogP contribution in [0.3, 0.4) is 0 Å². The van der Waals surface area contributed by atoms with Gasteiger partial charge in [0.1, 0.15) is 11.3 Å². The quantitative estimate of drug-likeness (QED) is 0.610. The summed E-state index contributed by atoms with van der Waals surface area (Å²) in [6.07, 6.45) is 0.822. The standard InChI is InChI=1S/C21H22N4O2S/c1-24(2)12-5-13-25(20(26)16-10-8-15(14-22)9-11-16)21-23-19-17(27-3)6-4-7-18(19)28-21/h4,6-11H,5,12-13H2,1-3H3. The number of methoxy groups -OCH3 is 1. The van der Waals surface area contributed by atoms with Gasteiger partial charge in [-0.25, -0.2) is 4.98 Å². The van der Waals surface area contributed by atoms with Crippen molar-refractivity contribution in [2.75, 3.05) is 39.2 Å². The molecule has 0 radical (unpaired) electrons. The van der Waals surface area contributed by atoms with Crippen LogP contribution in [0, 0.1) is 11.3 Å². The summed E-state index contributed by atoms with van der Waals surface area (Å²) < 4.78 is 6.38. The van der Waals surface area contributed by atoms with Gasteiger partial charge in [0, 0.05) is 12.1 Å². The number of benzene rings is 2. The molecule has 7 heteroatoms. The average Bonchev–Trinajstić information content (AvgIpc) is 3.14. The third-order valence-electron chi connectivity index (χ3n) is 4.31. The van der Waals surface area contributed by atoms with Gasteiger partial charge in [0.15, 0.2) is 5.13 Å². The zero-order chi connectivity index (χ0) is 20.1. The molecule has 0 unspecified atom stereocenters. The summed E-state index contributed by atoms with van der Waals surface area (Å²) >= 11 is 1.47. The molecule has 0 N–H and O–H groups in total. The zero-order valence-corrected chi connectivity index (χ0v) is 17.0. The summed E-state index contributed by atoms with van der Waals surface area (Å²) in [6.45, 7) is 1.42. The Morgan fingerprint density at radius 3 is 2.57 bits per heavy atom. The molecule has 3 aromatic rings. The van der Waals surface area contributed by atoms with Crippen molar-refractivity contribution in [2.24, 2.45) is 0 Å². The van der Waals surface area contributed by atoms with Gasteiger partial charge in [-0.15, -0.1) is 0 Å².